The lowest BCUT2D eigenvalue weighted by Gasteiger charge is -2.26. The maximum atomic E-state index is 12.2. The van der Waals surface area contributed by atoms with Crippen LogP contribution in [0.2, 0.25) is 0 Å². The van der Waals surface area contributed by atoms with E-state index in [1.165, 1.54) is 0 Å². The van der Waals surface area contributed by atoms with Gasteiger partial charge in [0.2, 0.25) is 11.8 Å². The van der Waals surface area contributed by atoms with E-state index in [9.17, 15) is 14.4 Å². The molecule has 0 aromatic carbocycles. The van der Waals surface area contributed by atoms with Crippen LogP contribution in [0, 0.1) is 11.8 Å². The van der Waals surface area contributed by atoms with E-state index in [4.69, 9.17) is 0 Å². The van der Waals surface area contributed by atoms with E-state index in [-0.39, 0.29) is 30.1 Å². The summed E-state index contributed by atoms with van der Waals surface area (Å²) in [5, 5.41) is 2.63. The summed E-state index contributed by atoms with van der Waals surface area (Å²) in [6.07, 6.45) is 3.31. The number of aldehydes is 1. The fourth-order valence-corrected chi connectivity index (χ4v) is 2.15. The van der Waals surface area contributed by atoms with E-state index in [2.05, 4.69) is 5.32 Å². The van der Waals surface area contributed by atoms with E-state index < -0.39 is 0 Å². The third-order valence-corrected chi connectivity index (χ3v) is 3.35. The first-order valence-electron chi connectivity index (χ1n) is 6.91. The Morgan fingerprint density at radius 1 is 1.26 bits per heavy atom. The number of carbonyl (C=O) groups is 3. The molecule has 0 radical (unpaired) electrons. The number of hydrogen-bond acceptors (Lipinski definition) is 3. The zero-order chi connectivity index (χ0) is 14.8. The number of carbonyl (C=O) groups excluding carboxylic acids is 3. The zero-order valence-corrected chi connectivity index (χ0v) is 12.4. The van der Waals surface area contributed by atoms with Crippen LogP contribution in [-0.4, -0.2) is 43.6 Å². The second kappa shape index (κ2) is 9.53. The minimum absolute atomic E-state index is 0.0371. The molecule has 5 heteroatoms. The predicted molar refractivity (Wildman–Crippen MR) is 74.6 cm³/mol. The van der Waals surface area contributed by atoms with Crippen molar-refractivity contribution in [3.8, 4) is 0 Å². The normalized spacial score (nSPS) is 13.5. The van der Waals surface area contributed by atoms with Crippen LogP contribution in [0.1, 0.15) is 39.5 Å². The molecule has 0 saturated carbocycles. The van der Waals surface area contributed by atoms with Crippen molar-refractivity contribution in [3.05, 3.63) is 0 Å². The van der Waals surface area contributed by atoms with Crippen molar-refractivity contribution < 1.29 is 14.4 Å². The molecular weight excluding hydrogens is 244 g/mol. The average molecular weight is 270 g/mol. The Kier molecular flexibility index (Phi) is 8.83. The second-order valence-corrected chi connectivity index (χ2v) is 4.83. The lowest BCUT2D eigenvalue weighted by Crippen LogP contribution is -2.41. The molecule has 1 N–H and O–H groups in total. The maximum absolute atomic E-state index is 12.2. The largest absolute Gasteiger partial charge is 0.359 e. The topological polar surface area (TPSA) is 66.5 Å². The van der Waals surface area contributed by atoms with Crippen molar-refractivity contribution >= 4 is 18.1 Å². The number of hydrogen-bond donors (Lipinski definition) is 1. The van der Waals surface area contributed by atoms with Gasteiger partial charge in [-0.15, -0.1) is 0 Å². The Hall–Kier alpha value is -1.39. The highest BCUT2D eigenvalue weighted by molar-refractivity contribution is 5.82. The Morgan fingerprint density at radius 2 is 1.89 bits per heavy atom. The van der Waals surface area contributed by atoms with Gasteiger partial charge < -0.3 is 15.0 Å². The third kappa shape index (κ3) is 5.85. The van der Waals surface area contributed by atoms with Crippen LogP contribution in [0.5, 0.6) is 0 Å². The van der Waals surface area contributed by atoms with Crippen molar-refractivity contribution in [2.75, 3.05) is 20.6 Å². The van der Waals surface area contributed by atoms with Crippen LogP contribution in [-0.2, 0) is 14.4 Å². The van der Waals surface area contributed by atoms with Crippen LogP contribution in [0.15, 0.2) is 0 Å². The highest BCUT2D eigenvalue weighted by atomic mass is 16.2. The standard InChI is InChI=1S/C14H26N2O3/c1-5-7-12(13(18)15-3)10-16(4)14(19)11(6-2)8-9-17/h9,11-12H,5-8,10H2,1-4H3,(H,15,18). The van der Waals surface area contributed by atoms with Crippen molar-refractivity contribution in [1.82, 2.24) is 10.2 Å². The van der Waals surface area contributed by atoms with Crippen LogP contribution < -0.4 is 5.32 Å². The van der Waals surface area contributed by atoms with E-state index in [0.717, 1.165) is 19.1 Å². The summed E-state index contributed by atoms with van der Waals surface area (Å²) in [5.41, 5.74) is 0. The quantitative estimate of drug-likeness (QED) is 0.641. The van der Waals surface area contributed by atoms with E-state index in [1.807, 2.05) is 13.8 Å². The fraction of sp³-hybridized carbons (Fsp3) is 0.786. The van der Waals surface area contributed by atoms with Crippen molar-refractivity contribution in [2.24, 2.45) is 11.8 Å². The molecule has 0 rings (SSSR count). The SMILES string of the molecule is CCCC(CN(C)C(=O)C(CC)CC=O)C(=O)NC. The summed E-state index contributed by atoms with van der Waals surface area (Å²) in [6, 6.07) is 0. The molecule has 0 aromatic rings. The second-order valence-electron chi connectivity index (χ2n) is 4.83. The van der Waals surface area contributed by atoms with Crippen LogP contribution in [0.3, 0.4) is 0 Å². The first-order chi connectivity index (χ1) is 9.01. The van der Waals surface area contributed by atoms with Crippen LogP contribution in [0.25, 0.3) is 0 Å². The minimum Gasteiger partial charge on any atom is -0.359 e. The lowest BCUT2D eigenvalue weighted by atomic mass is 9.99. The molecule has 0 fully saturated rings. The summed E-state index contributed by atoms with van der Waals surface area (Å²) >= 11 is 0. The molecular formula is C14H26N2O3. The summed E-state index contributed by atoms with van der Waals surface area (Å²) in [4.78, 5) is 36.0. The first kappa shape index (κ1) is 17.6. The number of nitrogens with one attached hydrogen (secondary N) is 1. The van der Waals surface area contributed by atoms with Crippen molar-refractivity contribution in [3.63, 3.8) is 0 Å². The van der Waals surface area contributed by atoms with Gasteiger partial charge in [0.25, 0.3) is 0 Å². The van der Waals surface area contributed by atoms with Crippen LogP contribution in [0.4, 0.5) is 0 Å². The molecule has 2 unspecified atom stereocenters. The molecule has 0 aliphatic rings. The lowest BCUT2D eigenvalue weighted by molar-refractivity contribution is -0.137. The number of amides is 2. The van der Waals surface area contributed by atoms with Gasteiger partial charge >= 0.3 is 0 Å². The molecule has 0 aromatic heterocycles. The van der Waals surface area contributed by atoms with E-state index >= 15 is 0 Å². The van der Waals surface area contributed by atoms with Crippen molar-refractivity contribution in [2.45, 2.75) is 39.5 Å². The third-order valence-electron chi connectivity index (χ3n) is 3.35. The average Bonchev–Trinajstić information content (AvgIpc) is 2.42. The van der Waals surface area contributed by atoms with Gasteiger partial charge in [-0.2, -0.15) is 0 Å². The molecule has 0 aliphatic carbocycles. The fourth-order valence-electron chi connectivity index (χ4n) is 2.15. The Morgan fingerprint density at radius 3 is 2.32 bits per heavy atom. The zero-order valence-electron chi connectivity index (χ0n) is 12.4. The van der Waals surface area contributed by atoms with Gasteiger partial charge in [0.1, 0.15) is 6.29 Å². The molecule has 2 atom stereocenters. The Bertz CT molecular complexity index is 305. The highest BCUT2D eigenvalue weighted by Crippen LogP contribution is 2.14. The molecule has 0 bridgehead atoms. The minimum atomic E-state index is -0.269. The monoisotopic (exact) mass is 270 g/mol. The molecule has 0 spiro atoms. The maximum Gasteiger partial charge on any atom is 0.225 e. The van der Waals surface area contributed by atoms with Gasteiger partial charge in [-0.05, 0) is 12.8 Å². The summed E-state index contributed by atoms with van der Waals surface area (Å²) in [7, 11) is 3.30. The summed E-state index contributed by atoms with van der Waals surface area (Å²) in [6.45, 7) is 4.31. The smallest absolute Gasteiger partial charge is 0.225 e. The molecule has 0 heterocycles. The van der Waals surface area contributed by atoms with Gasteiger partial charge in [0.05, 0.1) is 5.92 Å². The molecule has 0 saturated heterocycles. The molecule has 0 aliphatic heterocycles. The number of nitrogens with zero attached hydrogens (tertiary/aromatic N) is 1. The molecule has 5 nitrogen and oxygen atoms in total. The highest BCUT2D eigenvalue weighted by Gasteiger charge is 2.24. The van der Waals surface area contributed by atoms with Crippen LogP contribution >= 0.6 is 0 Å². The van der Waals surface area contributed by atoms with E-state index in [0.29, 0.717) is 13.0 Å². The van der Waals surface area contributed by atoms with Crippen molar-refractivity contribution in [1.29, 1.82) is 0 Å². The number of rotatable bonds is 9. The summed E-state index contributed by atoms with van der Waals surface area (Å²) < 4.78 is 0. The molecule has 2 amide bonds. The summed E-state index contributed by atoms with van der Waals surface area (Å²) in [5.74, 6) is -0.545. The predicted octanol–water partition coefficient (Wildman–Crippen LogP) is 1.22. The van der Waals surface area contributed by atoms with Gasteiger partial charge in [0.15, 0.2) is 0 Å². The van der Waals surface area contributed by atoms with E-state index in [1.54, 1.807) is 19.0 Å². The molecule has 19 heavy (non-hydrogen) atoms. The van der Waals surface area contributed by atoms with Gasteiger partial charge in [0, 0.05) is 33.0 Å². The van der Waals surface area contributed by atoms with Gasteiger partial charge in [-0.3, -0.25) is 9.59 Å². The first-order valence-corrected chi connectivity index (χ1v) is 6.91. The Balaban J connectivity index is 4.60. The molecule has 110 valence electrons. The van der Waals surface area contributed by atoms with Gasteiger partial charge in [-0.25, -0.2) is 0 Å². The Labute approximate surface area is 115 Å². The van der Waals surface area contributed by atoms with Gasteiger partial charge in [-0.1, -0.05) is 20.3 Å².